The lowest BCUT2D eigenvalue weighted by Gasteiger charge is -2.35. The van der Waals surface area contributed by atoms with Crippen LogP contribution < -0.4 is 5.32 Å². The van der Waals surface area contributed by atoms with Crippen LogP contribution >= 0.6 is 28.1 Å². The van der Waals surface area contributed by atoms with E-state index >= 15 is 0 Å². The molecule has 1 aromatic rings. The normalized spacial score (nSPS) is 16.2. The Kier molecular flexibility index (Phi) is 6.19. The number of benzene rings is 1. The summed E-state index contributed by atoms with van der Waals surface area (Å²) in [6, 6.07) is 6.88. The number of nitrogens with one attached hydrogen (secondary N) is 1. The number of hydrogen-bond acceptors (Lipinski definition) is 3. The summed E-state index contributed by atoms with van der Waals surface area (Å²) in [6.45, 7) is 8.37. The van der Waals surface area contributed by atoms with E-state index in [-0.39, 0.29) is 0 Å². The molecule has 1 fully saturated rings. The van der Waals surface area contributed by atoms with Gasteiger partial charge in [0.2, 0.25) is 10.0 Å². The van der Waals surface area contributed by atoms with Gasteiger partial charge in [-0.1, -0.05) is 24.3 Å². The van der Waals surface area contributed by atoms with Crippen LogP contribution in [0.15, 0.2) is 45.8 Å². The first-order chi connectivity index (χ1) is 10.8. The second-order valence-electron chi connectivity index (χ2n) is 5.44. The van der Waals surface area contributed by atoms with Gasteiger partial charge < -0.3 is 10.2 Å². The molecule has 0 amide bonds. The van der Waals surface area contributed by atoms with Gasteiger partial charge in [0, 0.05) is 37.2 Å². The summed E-state index contributed by atoms with van der Waals surface area (Å²) in [6.07, 6.45) is 0. The number of halogens is 1. The van der Waals surface area contributed by atoms with Crippen molar-refractivity contribution in [3.05, 3.63) is 40.9 Å². The van der Waals surface area contributed by atoms with Gasteiger partial charge in [-0.15, -0.1) is 0 Å². The van der Waals surface area contributed by atoms with Gasteiger partial charge in [-0.2, -0.15) is 4.31 Å². The minimum atomic E-state index is -3.49. The molecule has 0 bridgehead atoms. The van der Waals surface area contributed by atoms with Crippen molar-refractivity contribution in [3.8, 4) is 0 Å². The molecule has 126 valence electrons. The molecule has 0 saturated carbocycles. The van der Waals surface area contributed by atoms with E-state index in [4.69, 9.17) is 12.2 Å². The third-order valence-electron chi connectivity index (χ3n) is 3.52. The van der Waals surface area contributed by atoms with Crippen molar-refractivity contribution >= 4 is 43.3 Å². The molecule has 0 atom stereocenters. The highest BCUT2D eigenvalue weighted by molar-refractivity contribution is 9.10. The van der Waals surface area contributed by atoms with Gasteiger partial charge in [-0.3, -0.25) is 0 Å². The molecule has 0 radical (unpaired) electrons. The van der Waals surface area contributed by atoms with E-state index in [0.29, 0.717) is 47.2 Å². The fourth-order valence-electron chi connectivity index (χ4n) is 2.26. The molecule has 1 saturated heterocycles. The van der Waals surface area contributed by atoms with E-state index in [0.717, 1.165) is 5.57 Å². The smallest absolute Gasteiger partial charge is 0.244 e. The van der Waals surface area contributed by atoms with Crippen LogP contribution in [0.3, 0.4) is 0 Å². The summed E-state index contributed by atoms with van der Waals surface area (Å²) in [5, 5.41) is 3.77. The lowest BCUT2D eigenvalue weighted by molar-refractivity contribution is 0.264. The van der Waals surface area contributed by atoms with Gasteiger partial charge in [-0.05, 0) is 47.2 Å². The Bertz CT molecular complexity index is 698. The molecule has 1 aliphatic rings. The van der Waals surface area contributed by atoms with Gasteiger partial charge in [0.05, 0.1) is 4.90 Å². The molecule has 5 nitrogen and oxygen atoms in total. The zero-order valence-electron chi connectivity index (χ0n) is 13.0. The van der Waals surface area contributed by atoms with E-state index in [1.54, 1.807) is 24.3 Å². The maximum Gasteiger partial charge on any atom is 0.244 e. The quantitative estimate of drug-likeness (QED) is 0.600. The summed E-state index contributed by atoms with van der Waals surface area (Å²) in [4.78, 5) is 2.29. The molecule has 0 aromatic heterocycles. The summed E-state index contributed by atoms with van der Waals surface area (Å²) in [5.41, 5.74) is 1.00. The van der Waals surface area contributed by atoms with Crippen LogP contribution in [-0.2, 0) is 10.0 Å². The van der Waals surface area contributed by atoms with Gasteiger partial charge >= 0.3 is 0 Å². The monoisotopic (exact) mass is 417 g/mol. The predicted molar refractivity (Wildman–Crippen MR) is 99.9 cm³/mol. The highest BCUT2D eigenvalue weighted by Gasteiger charge is 2.30. The molecule has 1 N–H and O–H groups in total. The van der Waals surface area contributed by atoms with E-state index in [2.05, 4.69) is 27.8 Å². The number of rotatable bonds is 4. The summed E-state index contributed by atoms with van der Waals surface area (Å²) in [7, 11) is -3.49. The lowest BCUT2D eigenvalue weighted by Crippen LogP contribution is -2.53. The molecule has 1 aliphatic heterocycles. The third kappa shape index (κ3) is 4.53. The van der Waals surface area contributed by atoms with E-state index in [1.807, 2.05) is 11.8 Å². The SMILES string of the molecule is C=C(C)CNC(=S)N1CCN(S(=O)(=O)c2ccccc2Br)CC1. The molecule has 2 rings (SSSR count). The zero-order chi connectivity index (χ0) is 17.0. The molecule has 23 heavy (non-hydrogen) atoms. The third-order valence-corrected chi connectivity index (χ3v) is 6.83. The van der Waals surface area contributed by atoms with Crippen molar-refractivity contribution in [1.29, 1.82) is 0 Å². The van der Waals surface area contributed by atoms with Gasteiger partial charge in [-0.25, -0.2) is 8.42 Å². The second kappa shape index (κ2) is 7.74. The molecule has 8 heteroatoms. The van der Waals surface area contributed by atoms with Crippen LogP contribution in [0, 0.1) is 0 Å². The minimum Gasteiger partial charge on any atom is -0.359 e. The first-order valence-electron chi connectivity index (χ1n) is 7.24. The topological polar surface area (TPSA) is 52.6 Å². The number of thiocarbonyl (C=S) groups is 1. The molecule has 0 spiro atoms. The number of sulfonamides is 1. The van der Waals surface area contributed by atoms with Crippen molar-refractivity contribution < 1.29 is 8.42 Å². The van der Waals surface area contributed by atoms with Crippen LogP contribution in [0.5, 0.6) is 0 Å². The van der Waals surface area contributed by atoms with E-state index < -0.39 is 10.0 Å². The zero-order valence-corrected chi connectivity index (χ0v) is 16.2. The molecule has 1 aromatic carbocycles. The van der Waals surface area contributed by atoms with Crippen molar-refractivity contribution in [2.75, 3.05) is 32.7 Å². The Balaban J connectivity index is 2.00. The fraction of sp³-hybridized carbons (Fsp3) is 0.400. The standard InChI is InChI=1S/C15H20BrN3O2S2/c1-12(2)11-17-15(22)18-7-9-19(10-8-18)23(20,21)14-6-4-3-5-13(14)16/h3-6H,1,7-11H2,2H3,(H,17,22). The number of piperazine rings is 1. The molecule has 0 unspecified atom stereocenters. The van der Waals surface area contributed by atoms with Gasteiger partial charge in [0.1, 0.15) is 0 Å². The van der Waals surface area contributed by atoms with Crippen LogP contribution in [0.25, 0.3) is 0 Å². The lowest BCUT2D eigenvalue weighted by atomic mass is 10.3. The molecular formula is C15H20BrN3O2S2. The van der Waals surface area contributed by atoms with E-state index in [1.165, 1.54) is 4.31 Å². The predicted octanol–water partition coefficient (Wildman–Crippen LogP) is 2.21. The summed E-state index contributed by atoms with van der Waals surface area (Å²) < 4.78 is 27.5. The molecular weight excluding hydrogens is 398 g/mol. The Morgan fingerprint density at radius 1 is 1.30 bits per heavy atom. The highest BCUT2D eigenvalue weighted by Crippen LogP contribution is 2.25. The molecule has 0 aliphatic carbocycles. The Morgan fingerprint density at radius 3 is 2.48 bits per heavy atom. The summed E-state index contributed by atoms with van der Waals surface area (Å²) in [5.74, 6) is 0. The largest absolute Gasteiger partial charge is 0.359 e. The first-order valence-corrected chi connectivity index (χ1v) is 9.88. The maximum absolute atomic E-state index is 12.7. The highest BCUT2D eigenvalue weighted by atomic mass is 79.9. The molecule has 1 heterocycles. The van der Waals surface area contributed by atoms with Crippen molar-refractivity contribution in [2.24, 2.45) is 0 Å². The van der Waals surface area contributed by atoms with Gasteiger partial charge in [0.25, 0.3) is 0 Å². The van der Waals surface area contributed by atoms with Crippen molar-refractivity contribution in [1.82, 2.24) is 14.5 Å². The summed E-state index contributed by atoms with van der Waals surface area (Å²) >= 11 is 8.65. The van der Waals surface area contributed by atoms with Crippen molar-refractivity contribution in [2.45, 2.75) is 11.8 Å². The number of nitrogens with zero attached hydrogens (tertiary/aromatic N) is 2. The van der Waals surface area contributed by atoms with Crippen LogP contribution in [0.4, 0.5) is 0 Å². The van der Waals surface area contributed by atoms with Crippen LogP contribution in [-0.4, -0.2) is 55.5 Å². The van der Waals surface area contributed by atoms with Crippen molar-refractivity contribution in [3.63, 3.8) is 0 Å². The Hall–Kier alpha value is -0.960. The van der Waals surface area contributed by atoms with Crippen LogP contribution in [0.2, 0.25) is 0 Å². The van der Waals surface area contributed by atoms with Crippen LogP contribution in [0.1, 0.15) is 6.92 Å². The average Bonchev–Trinajstić information content (AvgIpc) is 2.53. The average molecular weight is 418 g/mol. The Labute approximate surface area is 151 Å². The fourth-order valence-corrected chi connectivity index (χ4v) is 4.90. The first kappa shape index (κ1) is 18.4. The number of hydrogen-bond donors (Lipinski definition) is 1. The minimum absolute atomic E-state index is 0.302. The Morgan fingerprint density at radius 2 is 1.91 bits per heavy atom. The maximum atomic E-state index is 12.7. The van der Waals surface area contributed by atoms with E-state index in [9.17, 15) is 8.42 Å². The second-order valence-corrected chi connectivity index (χ2v) is 8.58. The van der Waals surface area contributed by atoms with Gasteiger partial charge in [0.15, 0.2) is 5.11 Å².